The zero-order valence-corrected chi connectivity index (χ0v) is 51.3. The van der Waals surface area contributed by atoms with Crippen molar-refractivity contribution in [2.75, 3.05) is 6.61 Å². The molecule has 78 heavy (non-hydrogen) atoms. The number of carbonyl (C=O) groups excluding carboxylic acids is 5. The van der Waals surface area contributed by atoms with E-state index in [1.807, 2.05) is 84.3 Å². The van der Waals surface area contributed by atoms with Gasteiger partial charge in [-0.3, -0.25) is 56.5 Å². The van der Waals surface area contributed by atoms with E-state index >= 15 is 0 Å². The molecule has 0 aliphatic heterocycles. The van der Waals surface area contributed by atoms with Crippen molar-refractivity contribution in [1.29, 1.82) is 0 Å². The van der Waals surface area contributed by atoms with E-state index in [2.05, 4.69) is 130 Å². The number of aliphatic hydroxyl groups is 1. The summed E-state index contributed by atoms with van der Waals surface area (Å²) in [7, 11) is 0. The average Bonchev–Trinajstić information content (AvgIpc) is 3.94. The van der Waals surface area contributed by atoms with Crippen LogP contribution in [0.25, 0.3) is 22.9 Å². The van der Waals surface area contributed by atoms with Crippen LogP contribution < -0.4 is 33.8 Å². The van der Waals surface area contributed by atoms with E-state index < -0.39 is 10.4 Å². The number of nitrogens with two attached hydrogens (primary N) is 3. The number of aromatic nitrogens is 2. The molecule has 0 bridgehead atoms. The Morgan fingerprint density at radius 3 is 1.09 bits per heavy atom. The van der Waals surface area contributed by atoms with Gasteiger partial charge in [0, 0.05) is 63.4 Å². The third-order valence-electron chi connectivity index (χ3n) is 8.46. The monoisotopic (exact) mass is 1420 g/mol. The highest BCUT2D eigenvalue weighted by atomic mass is 79.9. The minimum absolute atomic E-state index is 0. The molecule has 0 saturated heterocycles. The van der Waals surface area contributed by atoms with Gasteiger partial charge in [0.25, 0.3) is 23.0 Å². The Morgan fingerprint density at radius 1 is 0.513 bits per heavy atom. The summed E-state index contributed by atoms with van der Waals surface area (Å²) in [5.41, 5.74) is 11.4. The molecule has 0 unspecified atom stereocenters. The molecule has 0 saturated carbocycles. The van der Waals surface area contributed by atoms with Crippen molar-refractivity contribution < 1.29 is 43.5 Å². The van der Waals surface area contributed by atoms with Crippen LogP contribution in [0.1, 0.15) is 65.6 Å². The van der Waals surface area contributed by atoms with Gasteiger partial charge in [-0.25, -0.2) is 5.84 Å². The fourth-order valence-electron chi connectivity index (χ4n) is 5.02. The lowest BCUT2D eigenvalue weighted by molar-refractivity contribution is 0.0846. The van der Waals surface area contributed by atoms with Gasteiger partial charge in [0.2, 0.25) is 11.8 Å². The lowest BCUT2D eigenvalue weighted by Gasteiger charge is -2.07. The number of nitrogens with one attached hydrogen (secondary N) is 3. The Hall–Kier alpha value is -5.46. The van der Waals surface area contributed by atoms with Gasteiger partial charge >= 0.3 is 5.20 Å². The standard InChI is InChI=1S/C14H11BrN2O2.C14H9BrN2O.C8H7BrO.C7H7BrN2O.C7H5ClO.C2H6O.Cl3OP.H4N2.H2O/c15-12-8-6-11(7-9-12)14(19)17-16-13(18)10-4-2-1-3-5-10;15-12-8-6-11(7-9-12)14-17-16-13(18-14)10-4-2-1-3-5-10;1-6(10)7-2-4-8(9)5-3-7;8-6-3-1-5(2-4-6)7(11)10-9;8-7(9)6-4-2-1-3-5-6;1-2-3;1-5(2,3)4;1-2;/h1-9H,(H,16,18)(H,17,19);1-9H;2-5H,1H3;1-4H,9H2,(H,10,11);1-5H;3H,2H2,1H3;;1-2H2;1H2. The first-order valence-corrected chi connectivity index (χ1v) is 29.6. The predicted molar refractivity (Wildman–Crippen MR) is 325 cm³/mol. The number of rotatable bonds is 7. The Morgan fingerprint density at radius 2 is 0.782 bits per heavy atom. The molecule has 12 N–H and O–H groups in total. The predicted octanol–water partition coefficient (Wildman–Crippen LogP) is 13.3. The Balaban J connectivity index is 0.000000931. The van der Waals surface area contributed by atoms with Gasteiger partial charge in [-0.1, -0.05) is 143 Å². The summed E-state index contributed by atoms with van der Waals surface area (Å²) in [6.07, 6.45) is 0. The lowest BCUT2D eigenvalue weighted by Crippen LogP contribution is -2.41. The molecule has 0 fully saturated rings. The smallest absolute Gasteiger partial charge is 0.339 e. The topological polar surface area (TPSA) is 307 Å². The molecule has 0 aliphatic carbocycles. The van der Waals surface area contributed by atoms with E-state index in [-0.39, 0.29) is 35.6 Å². The molecule has 17 nitrogen and oxygen atoms in total. The number of hydrogen-bond donors (Lipinski definition) is 7. The second-order valence-corrected chi connectivity index (χ2v) is 24.6. The number of halogens is 8. The second-order valence-electron chi connectivity index (χ2n) is 14.0. The van der Waals surface area contributed by atoms with Crippen molar-refractivity contribution in [2.24, 2.45) is 17.5 Å². The molecule has 0 atom stereocenters. The van der Waals surface area contributed by atoms with E-state index in [4.69, 9.17) is 27.0 Å². The molecule has 1 heterocycles. The quantitative estimate of drug-likeness (QED) is 0.0195. The van der Waals surface area contributed by atoms with Crippen molar-refractivity contribution in [3.8, 4) is 22.9 Å². The number of hydrazine groups is 3. The summed E-state index contributed by atoms with van der Waals surface area (Å²) < 4.78 is 19.0. The molecular weight excluding hydrogens is 1370 g/mol. The molecule has 0 radical (unpaired) electrons. The van der Waals surface area contributed by atoms with Crippen LogP contribution in [0.5, 0.6) is 0 Å². The first kappa shape index (κ1) is 72.5. The van der Waals surface area contributed by atoms with Gasteiger partial charge in [0.1, 0.15) is 0 Å². The first-order chi connectivity index (χ1) is 36.6. The number of benzene rings is 7. The highest BCUT2D eigenvalue weighted by Gasteiger charge is 2.11. The zero-order chi connectivity index (χ0) is 57.8. The summed E-state index contributed by atoms with van der Waals surface area (Å²) in [5, 5.41) is 12.1. The van der Waals surface area contributed by atoms with Gasteiger partial charge in [0.15, 0.2) is 5.78 Å². The molecule has 1 aromatic heterocycles. The Bertz CT molecular complexity index is 3030. The van der Waals surface area contributed by atoms with Crippen molar-refractivity contribution in [3.05, 3.63) is 234 Å². The minimum Gasteiger partial charge on any atom is -0.416 e. The Kier molecular flexibility index (Phi) is 38.7. The highest BCUT2D eigenvalue weighted by molar-refractivity contribution is 9.11. The lowest BCUT2D eigenvalue weighted by atomic mass is 10.2. The summed E-state index contributed by atoms with van der Waals surface area (Å²) in [6.45, 7) is 3.49. The number of ketones is 1. The number of aliphatic hydroxyl groups excluding tert-OH is 1. The number of amides is 3. The van der Waals surface area contributed by atoms with E-state index in [0.29, 0.717) is 34.0 Å². The molecule has 26 heteroatoms. The molecule has 8 rings (SSSR count). The van der Waals surface area contributed by atoms with Crippen LogP contribution in [0.2, 0.25) is 0 Å². The molecule has 0 spiro atoms. The van der Waals surface area contributed by atoms with Gasteiger partial charge in [0.05, 0.1) is 0 Å². The fraction of sp³-hybridized carbons (Fsp3) is 0.0577. The van der Waals surface area contributed by atoms with E-state index in [1.54, 1.807) is 123 Å². The maximum Gasteiger partial charge on any atom is 0.339 e. The molecule has 7 aromatic carbocycles. The van der Waals surface area contributed by atoms with Crippen LogP contribution >= 0.6 is 114 Å². The van der Waals surface area contributed by atoms with Crippen LogP contribution in [0.3, 0.4) is 0 Å². The van der Waals surface area contributed by atoms with Gasteiger partial charge in [-0.05, 0) is 168 Å². The van der Waals surface area contributed by atoms with Crippen molar-refractivity contribution >= 4 is 143 Å². The largest absolute Gasteiger partial charge is 0.416 e. The molecule has 8 aromatic rings. The average molecular weight is 1420 g/mol. The third kappa shape index (κ3) is 32.4. The van der Waals surface area contributed by atoms with Crippen molar-refractivity contribution in [3.63, 3.8) is 0 Å². The van der Waals surface area contributed by atoms with E-state index in [9.17, 15) is 28.5 Å². The van der Waals surface area contributed by atoms with Crippen LogP contribution in [-0.2, 0) is 4.57 Å². The Labute approximate surface area is 503 Å². The summed E-state index contributed by atoms with van der Waals surface area (Å²) >= 11 is 32.2. The first-order valence-electron chi connectivity index (χ1n) is 21.6. The van der Waals surface area contributed by atoms with Crippen molar-refractivity contribution in [2.45, 2.75) is 13.8 Å². The summed E-state index contributed by atoms with van der Waals surface area (Å²) in [4.78, 5) is 55.5. The van der Waals surface area contributed by atoms with Crippen LogP contribution in [0.4, 0.5) is 0 Å². The normalized spacial score (nSPS) is 9.41. The van der Waals surface area contributed by atoms with E-state index in [1.165, 1.54) is 0 Å². The van der Waals surface area contributed by atoms with Gasteiger partial charge in [-0.2, -0.15) is 0 Å². The molecule has 414 valence electrons. The van der Waals surface area contributed by atoms with Crippen molar-refractivity contribution in [1.82, 2.24) is 26.5 Å². The fourth-order valence-corrected chi connectivity index (χ4v) is 6.20. The molecule has 0 aliphatic rings. The van der Waals surface area contributed by atoms with Gasteiger partial charge in [-0.15, -0.1) is 10.2 Å². The molecule has 3 amide bonds. The SMILES string of the molecule is Brc1ccc(-c2nnc(-c3ccccc3)o2)cc1.CC(=O)c1ccc(Br)cc1.CCO.NN.NNC(=O)c1ccc(Br)cc1.O.O=C(Cl)c1ccccc1.O=C(NNC(=O)c1ccc(Br)cc1)c1ccccc1.O=P(Cl)(Cl)Cl. The highest BCUT2D eigenvalue weighted by Crippen LogP contribution is 2.61. The second kappa shape index (κ2) is 41.6. The number of hydrogen-bond acceptors (Lipinski definition) is 13. The number of nitrogens with zero attached hydrogens (tertiary/aromatic N) is 2. The zero-order valence-electron chi connectivity index (χ0n) is 41.0. The maximum absolute atomic E-state index is 11.8. The molecular formula is C52H51Br4Cl4N8O9P. The van der Waals surface area contributed by atoms with Gasteiger partial charge < -0.3 is 15.0 Å². The maximum atomic E-state index is 11.8. The van der Waals surface area contributed by atoms with Crippen LogP contribution in [0.15, 0.2) is 210 Å². The summed E-state index contributed by atoms with van der Waals surface area (Å²) in [5.74, 6) is 13.1. The van der Waals surface area contributed by atoms with E-state index in [0.717, 1.165) is 34.6 Å². The number of nitrogen functional groups attached to an aromatic ring is 1. The number of carbonyl (C=O) groups is 5. The minimum atomic E-state index is -3.22. The van der Waals surface area contributed by atoms with Crippen LogP contribution in [0, 0.1) is 0 Å². The van der Waals surface area contributed by atoms with Crippen LogP contribution in [-0.4, -0.2) is 56.1 Å². The summed E-state index contributed by atoms with van der Waals surface area (Å²) in [6, 6.07) is 56.0. The third-order valence-corrected chi connectivity index (χ3v) is 10.8. The number of Topliss-reactive ketones (excluding diaryl/α,β-unsaturated/α-hetero) is 1.